The highest BCUT2D eigenvalue weighted by Crippen LogP contribution is 2.22. The minimum absolute atomic E-state index is 0.0220. The third-order valence-corrected chi connectivity index (χ3v) is 5.84. The minimum Gasteiger partial charge on any atom is -0.355 e. The molecule has 0 bridgehead atoms. The molecule has 1 amide bonds. The molecule has 128 valence electrons. The van der Waals surface area contributed by atoms with Crippen molar-refractivity contribution in [2.24, 2.45) is 11.7 Å². The number of nitrogens with two attached hydrogens (primary N) is 1. The van der Waals surface area contributed by atoms with Gasteiger partial charge >= 0.3 is 0 Å². The largest absolute Gasteiger partial charge is 0.355 e. The lowest BCUT2D eigenvalue weighted by molar-refractivity contribution is -0.126. The molecular formula is C16H25N3O3S. The van der Waals surface area contributed by atoms with E-state index in [9.17, 15) is 13.2 Å². The lowest BCUT2D eigenvalue weighted by Gasteiger charge is -2.31. The molecule has 0 spiro atoms. The van der Waals surface area contributed by atoms with Gasteiger partial charge < -0.3 is 11.1 Å². The molecular weight excluding hydrogens is 314 g/mol. The monoisotopic (exact) mass is 339 g/mol. The number of nitrogens with one attached hydrogen (secondary N) is 1. The van der Waals surface area contributed by atoms with Crippen molar-refractivity contribution in [1.29, 1.82) is 0 Å². The predicted octanol–water partition coefficient (Wildman–Crippen LogP) is 0.612. The number of hydrogen-bond donors (Lipinski definition) is 2. The molecule has 2 rings (SSSR count). The number of carbonyl (C=O) groups is 1. The number of aryl methyl sites for hydroxylation is 1. The predicted molar refractivity (Wildman–Crippen MR) is 90.2 cm³/mol. The lowest BCUT2D eigenvalue weighted by atomic mass is 9.99. The molecule has 1 saturated heterocycles. The van der Waals surface area contributed by atoms with Gasteiger partial charge in [-0.25, -0.2) is 12.7 Å². The van der Waals surface area contributed by atoms with Crippen molar-refractivity contribution >= 4 is 15.9 Å². The average Bonchev–Trinajstić information content (AvgIpc) is 2.52. The number of nitrogens with zero attached hydrogens (tertiary/aromatic N) is 1. The summed E-state index contributed by atoms with van der Waals surface area (Å²) in [7, 11) is -3.41. The van der Waals surface area contributed by atoms with Crippen LogP contribution in [0.15, 0.2) is 24.3 Å². The smallest absolute Gasteiger partial charge is 0.224 e. The molecule has 23 heavy (non-hydrogen) atoms. The summed E-state index contributed by atoms with van der Waals surface area (Å²) in [5, 5.41) is 2.75. The Bertz CT molecular complexity index is 646. The number of carbonyl (C=O) groups excluding carboxylic acids is 1. The summed E-state index contributed by atoms with van der Waals surface area (Å²) in [6.45, 7) is 3.48. The number of benzene rings is 1. The second kappa shape index (κ2) is 7.90. The molecule has 1 aromatic carbocycles. The number of sulfonamides is 1. The van der Waals surface area contributed by atoms with Crippen LogP contribution in [0.3, 0.4) is 0 Å². The second-order valence-electron chi connectivity index (χ2n) is 6.02. The van der Waals surface area contributed by atoms with Crippen molar-refractivity contribution in [2.45, 2.75) is 25.5 Å². The fourth-order valence-corrected chi connectivity index (χ4v) is 4.45. The molecule has 1 fully saturated rings. The van der Waals surface area contributed by atoms with Gasteiger partial charge in [-0.15, -0.1) is 0 Å². The van der Waals surface area contributed by atoms with Crippen LogP contribution in [0.1, 0.15) is 24.0 Å². The Labute approximate surface area is 138 Å². The Morgan fingerprint density at radius 3 is 2.91 bits per heavy atom. The number of hydrogen-bond acceptors (Lipinski definition) is 4. The van der Waals surface area contributed by atoms with Gasteiger partial charge in [0.25, 0.3) is 0 Å². The fourth-order valence-electron chi connectivity index (χ4n) is 2.85. The van der Waals surface area contributed by atoms with Crippen LogP contribution in [0, 0.1) is 12.8 Å². The number of amides is 1. The van der Waals surface area contributed by atoms with Crippen molar-refractivity contribution in [3.63, 3.8) is 0 Å². The first kappa shape index (κ1) is 17.9. The van der Waals surface area contributed by atoms with Gasteiger partial charge in [-0.1, -0.05) is 29.8 Å². The van der Waals surface area contributed by atoms with Crippen LogP contribution in [-0.2, 0) is 20.6 Å². The summed E-state index contributed by atoms with van der Waals surface area (Å²) in [6.07, 6.45) is 1.42. The van der Waals surface area contributed by atoms with Crippen LogP contribution < -0.4 is 11.1 Å². The standard InChI is InChI=1S/C16H25N3O3S/c1-13-4-2-5-14(10-13)12-23(21,22)19-9-3-6-15(11-19)16(20)18-8-7-17/h2,4-5,10,15H,3,6-9,11-12,17H2,1H3,(H,18,20). The van der Waals surface area contributed by atoms with E-state index in [1.165, 1.54) is 4.31 Å². The Morgan fingerprint density at radius 2 is 2.22 bits per heavy atom. The normalized spacial score (nSPS) is 19.5. The minimum atomic E-state index is -3.41. The van der Waals surface area contributed by atoms with Gasteiger partial charge in [0.2, 0.25) is 15.9 Å². The van der Waals surface area contributed by atoms with E-state index in [1.54, 1.807) is 0 Å². The molecule has 1 aliphatic heterocycles. The lowest BCUT2D eigenvalue weighted by Crippen LogP contribution is -2.46. The maximum Gasteiger partial charge on any atom is 0.224 e. The highest BCUT2D eigenvalue weighted by atomic mass is 32.2. The Kier molecular flexibility index (Phi) is 6.15. The first-order valence-electron chi connectivity index (χ1n) is 7.93. The van der Waals surface area contributed by atoms with Crippen LogP contribution in [0.5, 0.6) is 0 Å². The van der Waals surface area contributed by atoms with Crippen LogP contribution >= 0.6 is 0 Å². The zero-order valence-electron chi connectivity index (χ0n) is 13.5. The number of piperidine rings is 1. The van der Waals surface area contributed by atoms with Crippen molar-refractivity contribution in [2.75, 3.05) is 26.2 Å². The molecule has 7 heteroatoms. The molecule has 1 aliphatic rings. The summed E-state index contributed by atoms with van der Waals surface area (Å²) in [4.78, 5) is 12.0. The quantitative estimate of drug-likeness (QED) is 0.794. The third kappa shape index (κ3) is 5.02. The second-order valence-corrected chi connectivity index (χ2v) is 7.99. The molecule has 1 heterocycles. The van der Waals surface area contributed by atoms with Crippen molar-refractivity contribution in [3.8, 4) is 0 Å². The summed E-state index contributed by atoms with van der Waals surface area (Å²) in [6, 6.07) is 7.50. The fraction of sp³-hybridized carbons (Fsp3) is 0.562. The summed E-state index contributed by atoms with van der Waals surface area (Å²) in [5.74, 6) is -0.417. The van der Waals surface area contributed by atoms with Crippen LogP contribution in [0.2, 0.25) is 0 Å². The van der Waals surface area contributed by atoms with E-state index >= 15 is 0 Å². The number of rotatable bonds is 6. The zero-order chi connectivity index (χ0) is 16.9. The molecule has 0 radical (unpaired) electrons. The summed E-state index contributed by atoms with van der Waals surface area (Å²) < 4.78 is 26.7. The van der Waals surface area contributed by atoms with Gasteiger partial charge in [-0.2, -0.15) is 0 Å². The SMILES string of the molecule is Cc1cccc(CS(=O)(=O)N2CCCC(C(=O)NCCN)C2)c1. The van der Waals surface area contributed by atoms with Gasteiger partial charge in [0.05, 0.1) is 11.7 Å². The topological polar surface area (TPSA) is 92.5 Å². The highest BCUT2D eigenvalue weighted by Gasteiger charge is 2.32. The molecule has 1 aromatic rings. The molecule has 6 nitrogen and oxygen atoms in total. The third-order valence-electron chi connectivity index (χ3n) is 4.02. The van der Waals surface area contributed by atoms with Gasteiger partial charge in [0.15, 0.2) is 0 Å². The van der Waals surface area contributed by atoms with E-state index in [-0.39, 0.29) is 24.1 Å². The van der Waals surface area contributed by atoms with Crippen LogP contribution in [-0.4, -0.2) is 44.8 Å². The van der Waals surface area contributed by atoms with Gasteiger partial charge in [-0.3, -0.25) is 4.79 Å². The Balaban J connectivity index is 2.03. The van der Waals surface area contributed by atoms with E-state index in [4.69, 9.17) is 5.73 Å². The maximum absolute atomic E-state index is 12.6. The maximum atomic E-state index is 12.6. The van der Waals surface area contributed by atoms with Crippen LogP contribution in [0.4, 0.5) is 0 Å². The van der Waals surface area contributed by atoms with E-state index in [0.29, 0.717) is 32.5 Å². The van der Waals surface area contributed by atoms with Gasteiger partial charge in [0, 0.05) is 26.2 Å². The van der Waals surface area contributed by atoms with E-state index in [0.717, 1.165) is 11.1 Å². The molecule has 0 aromatic heterocycles. The highest BCUT2D eigenvalue weighted by molar-refractivity contribution is 7.88. The van der Waals surface area contributed by atoms with E-state index in [1.807, 2.05) is 31.2 Å². The first-order valence-corrected chi connectivity index (χ1v) is 9.54. The molecule has 1 atom stereocenters. The Hall–Kier alpha value is -1.44. The molecule has 0 aliphatic carbocycles. The van der Waals surface area contributed by atoms with Gasteiger partial charge in [-0.05, 0) is 25.3 Å². The average molecular weight is 339 g/mol. The molecule has 0 saturated carbocycles. The van der Waals surface area contributed by atoms with Crippen molar-refractivity contribution in [3.05, 3.63) is 35.4 Å². The van der Waals surface area contributed by atoms with E-state index < -0.39 is 10.0 Å². The van der Waals surface area contributed by atoms with E-state index in [2.05, 4.69) is 5.32 Å². The molecule has 1 unspecified atom stereocenters. The van der Waals surface area contributed by atoms with Crippen LogP contribution in [0.25, 0.3) is 0 Å². The van der Waals surface area contributed by atoms with Crippen molar-refractivity contribution < 1.29 is 13.2 Å². The summed E-state index contributed by atoms with van der Waals surface area (Å²) >= 11 is 0. The Morgan fingerprint density at radius 1 is 1.43 bits per heavy atom. The summed E-state index contributed by atoms with van der Waals surface area (Å²) in [5.41, 5.74) is 7.19. The first-order chi connectivity index (χ1) is 10.9. The zero-order valence-corrected chi connectivity index (χ0v) is 14.3. The van der Waals surface area contributed by atoms with Gasteiger partial charge in [0.1, 0.15) is 0 Å². The molecule has 3 N–H and O–H groups in total. The van der Waals surface area contributed by atoms with Crippen molar-refractivity contribution in [1.82, 2.24) is 9.62 Å².